The van der Waals surface area contributed by atoms with Crippen LogP contribution >= 0.6 is 0 Å². The average Bonchev–Trinajstić information content (AvgIpc) is 2.60. The van der Waals surface area contributed by atoms with E-state index < -0.39 is 34.0 Å². The van der Waals surface area contributed by atoms with Gasteiger partial charge in [0.1, 0.15) is 0 Å². The van der Waals surface area contributed by atoms with Crippen LogP contribution in [0.2, 0.25) is 0 Å². The van der Waals surface area contributed by atoms with Crippen LogP contribution in [0.1, 0.15) is 42.3 Å². The molecule has 0 aromatic heterocycles. The van der Waals surface area contributed by atoms with E-state index in [-0.39, 0.29) is 10.5 Å². The number of sulfonamides is 1. The number of hydrogen-bond donors (Lipinski definition) is 2. The highest BCUT2D eigenvalue weighted by Gasteiger charge is 2.18. The Balaban J connectivity index is 2.03. The predicted octanol–water partition coefficient (Wildman–Crippen LogP) is 3.18. The fourth-order valence-electron chi connectivity index (χ4n) is 2.55. The van der Waals surface area contributed by atoms with Crippen LogP contribution in [0.25, 0.3) is 0 Å². The van der Waals surface area contributed by atoms with E-state index >= 15 is 0 Å². The fraction of sp³-hybridized carbons (Fsp3) is 0.333. The van der Waals surface area contributed by atoms with Gasteiger partial charge in [-0.3, -0.25) is 9.52 Å². The molecule has 8 heteroatoms. The first kappa shape index (κ1) is 22.4. The average molecular weight is 419 g/mol. The van der Waals surface area contributed by atoms with Gasteiger partial charge in [-0.1, -0.05) is 12.1 Å². The number of carbonyl (C=O) groups excluding carboxylic acids is 2. The molecule has 0 saturated carbocycles. The van der Waals surface area contributed by atoms with E-state index in [0.29, 0.717) is 11.3 Å². The Morgan fingerprint density at radius 1 is 1.00 bits per heavy atom. The second kappa shape index (κ2) is 8.65. The van der Waals surface area contributed by atoms with Crippen molar-refractivity contribution in [2.24, 2.45) is 0 Å². The van der Waals surface area contributed by atoms with Gasteiger partial charge in [-0.25, -0.2) is 13.2 Å². The third-order valence-electron chi connectivity index (χ3n) is 3.85. The summed E-state index contributed by atoms with van der Waals surface area (Å²) in [6, 6.07) is 11.0. The van der Waals surface area contributed by atoms with Gasteiger partial charge in [-0.05, 0) is 76.1 Å². The van der Waals surface area contributed by atoms with Gasteiger partial charge in [-0.15, -0.1) is 0 Å². The first-order chi connectivity index (χ1) is 13.4. The van der Waals surface area contributed by atoms with Crippen LogP contribution in [0.15, 0.2) is 47.4 Å². The van der Waals surface area contributed by atoms with Crippen molar-refractivity contribution in [3.8, 4) is 0 Å². The first-order valence-electron chi connectivity index (χ1n) is 9.06. The predicted molar refractivity (Wildman–Crippen MR) is 111 cm³/mol. The second-order valence-corrected chi connectivity index (χ2v) is 9.48. The normalized spacial score (nSPS) is 11.6. The lowest BCUT2D eigenvalue weighted by atomic mass is 10.1. The van der Waals surface area contributed by atoms with E-state index in [4.69, 9.17) is 4.74 Å². The summed E-state index contributed by atoms with van der Waals surface area (Å²) in [5.74, 6) is -1.07. The Kier molecular flexibility index (Phi) is 6.69. The zero-order chi connectivity index (χ0) is 21.8. The van der Waals surface area contributed by atoms with Crippen LogP contribution in [0.3, 0.4) is 0 Å². The topological polar surface area (TPSA) is 102 Å². The monoisotopic (exact) mass is 418 g/mol. The highest BCUT2D eigenvalue weighted by atomic mass is 32.2. The number of hydrogen-bond acceptors (Lipinski definition) is 5. The Bertz CT molecular complexity index is 1010. The SMILES string of the molecule is Cc1ccc(C)c(S(=O)(=O)Nc2ccc(C(=O)OCC(=O)NC(C)(C)C)cc2)c1. The number of esters is 1. The summed E-state index contributed by atoms with van der Waals surface area (Å²) in [5, 5.41) is 2.69. The highest BCUT2D eigenvalue weighted by Crippen LogP contribution is 2.21. The largest absolute Gasteiger partial charge is 0.452 e. The molecule has 7 nitrogen and oxygen atoms in total. The van der Waals surface area contributed by atoms with E-state index in [2.05, 4.69) is 10.0 Å². The number of benzene rings is 2. The Hall–Kier alpha value is -2.87. The number of carbonyl (C=O) groups is 2. The quantitative estimate of drug-likeness (QED) is 0.702. The lowest BCUT2D eigenvalue weighted by molar-refractivity contribution is -0.125. The minimum atomic E-state index is -3.76. The van der Waals surface area contributed by atoms with Gasteiger partial charge < -0.3 is 10.1 Å². The fourth-order valence-corrected chi connectivity index (χ4v) is 3.94. The first-order valence-corrected chi connectivity index (χ1v) is 10.5. The Labute approximate surface area is 171 Å². The Morgan fingerprint density at radius 2 is 1.62 bits per heavy atom. The molecule has 2 rings (SSSR count). The van der Waals surface area contributed by atoms with Crippen LogP contribution < -0.4 is 10.0 Å². The van der Waals surface area contributed by atoms with Crippen molar-refractivity contribution in [1.82, 2.24) is 5.32 Å². The number of amides is 1. The number of anilines is 1. The van der Waals surface area contributed by atoms with Gasteiger partial charge in [-0.2, -0.15) is 0 Å². The molecule has 2 aromatic rings. The molecular formula is C21H26N2O5S. The molecule has 0 aliphatic carbocycles. The van der Waals surface area contributed by atoms with Crippen molar-refractivity contribution in [1.29, 1.82) is 0 Å². The van der Waals surface area contributed by atoms with E-state index in [0.717, 1.165) is 5.56 Å². The smallest absolute Gasteiger partial charge is 0.338 e. The van der Waals surface area contributed by atoms with Crippen LogP contribution in [0.4, 0.5) is 5.69 Å². The summed E-state index contributed by atoms with van der Waals surface area (Å²) in [6.45, 7) is 8.63. The van der Waals surface area contributed by atoms with Crippen molar-refractivity contribution < 1.29 is 22.7 Å². The molecule has 0 fully saturated rings. The summed E-state index contributed by atoms with van der Waals surface area (Å²) in [6.07, 6.45) is 0. The van der Waals surface area contributed by atoms with Crippen molar-refractivity contribution in [3.05, 3.63) is 59.2 Å². The van der Waals surface area contributed by atoms with E-state index in [1.54, 1.807) is 19.1 Å². The highest BCUT2D eigenvalue weighted by molar-refractivity contribution is 7.92. The maximum atomic E-state index is 12.6. The minimum absolute atomic E-state index is 0.200. The molecule has 0 saturated heterocycles. The molecule has 29 heavy (non-hydrogen) atoms. The van der Waals surface area contributed by atoms with E-state index in [1.165, 1.54) is 24.3 Å². The third kappa shape index (κ3) is 6.60. The zero-order valence-electron chi connectivity index (χ0n) is 17.2. The van der Waals surface area contributed by atoms with Crippen molar-refractivity contribution >= 4 is 27.6 Å². The van der Waals surface area contributed by atoms with Gasteiger partial charge >= 0.3 is 5.97 Å². The lowest BCUT2D eigenvalue weighted by Gasteiger charge is -2.20. The summed E-state index contributed by atoms with van der Waals surface area (Å²) >= 11 is 0. The third-order valence-corrected chi connectivity index (χ3v) is 5.38. The molecule has 2 N–H and O–H groups in total. The summed E-state index contributed by atoms with van der Waals surface area (Å²) in [5.41, 5.74) is 1.58. The number of nitrogens with one attached hydrogen (secondary N) is 2. The van der Waals surface area contributed by atoms with Crippen molar-refractivity contribution in [3.63, 3.8) is 0 Å². The molecule has 0 aliphatic rings. The van der Waals surface area contributed by atoms with Crippen LogP contribution in [-0.4, -0.2) is 32.4 Å². The molecule has 1 amide bonds. The van der Waals surface area contributed by atoms with Gasteiger partial charge in [0.2, 0.25) is 0 Å². The number of rotatable bonds is 6. The van der Waals surface area contributed by atoms with Crippen molar-refractivity contribution in [2.45, 2.75) is 45.1 Å². The van der Waals surface area contributed by atoms with Gasteiger partial charge in [0.05, 0.1) is 10.5 Å². The maximum Gasteiger partial charge on any atom is 0.338 e. The van der Waals surface area contributed by atoms with Crippen LogP contribution in [-0.2, 0) is 19.6 Å². The Morgan fingerprint density at radius 3 is 2.21 bits per heavy atom. The molecule has 0 radical (unpaired) electrons. The molecule has 0 spiro atoms. The lowest BCUT2D eigenvalue weighted by Crippen LogP contribution is -2.42. The minimum Gasteiger partial charge on any atom is -0.452 e. The molecule has 0 aliphatic heterocycles. The van der Waals surface area contributed by atoms with Crippen LogP contribution in [0, 0.1) is 13.8 Å². The molecule has 0 bridgehead atoms. The molecular weight excluding hydrogens is 392 g/mol. The number of aryl methyl sites for hydroxylation is 2. The van der Waals surface area contributed by atoms with E-state index in [9.17, 15) is 18.0 Å². The van der Waals surface area contributed by atoms with E-state index in [1.807, 2.05) is 33.8 Å². The molecule has 2 aromatic carbocycles. The summed E-state index contributed by atoms with van der Waals surface area (Å²) < 4.78 is 32.8. The maximum absolute atomic E-state index is 12.6. The van der Waals surface area contributed by atoms with Crippen molar-refractivity contribution in [2.75, 3.05) is 11.3 Å². The molecule has 0 unspecified atom stereocenters. The zero-order valence-corrected chi connectivity index (χ0v) is 18.0. The molecule has 0 atom stereocenters. The molecule has 0 heterocycles. The van der Waals surface area contributed by atoms with Gasteiger partial charge in [0, 0.05) is 11.2 Å². The summed E-state index contributed by atoms with van der Waals surface area (Å²) in [4.78, 5) is 24.0. The molecule has 156 valence electrons. The summed E-state index contributed by atoms with van der Waals surface area (Å²) in [7, 11) is -3.76. The van der Waals surface area contributed by atoms with Crippen LogP contribution in [0.5, 0.6) is 0 Å². The standard InChI is InChI=1S/C21H26N2O5S/c1-14-6-7-15(2)18(12-14)29(26,27)23-17-10-8-16(9-11-17)20(25)28-13-19(24)22-21(3,4)5/h6-12,23H,13H2,1-5H3,(H,22,24). The van der Waals surface area contributed by atoms with Gasteiger partial charge in [0.25, 0.3) is 15.9 Å². The second-order valence-electron chi connectivity index (χ2n) is 7.83. The van der Waals surface area contributed by atoms with Gasteiger partial charge in [0.15, 0.2) is 6.61 Å². The number of ether oxygens (including phenoxy) is 1.